The summed E-state index contributed by atoms with van der Waals surface area (Å²) in [5.41, 5.74) is 1.77. The summed E-state index contributed by atoms with van der Waals surface area (Å²) in [6.07, 6.45) is 3.89. The van der Waals surface area contributed by atoms with E-state index in [1.807, 2.05) is 12.1 Å². The number of nitrogens with zero attached hydrogens (tertiary/aromatic N) is 3. The molecule has 3 rings (SSSR count). The number of rotatable bonds is 7. The molecule has 2 N–H and O–H groups in total. The van der Waals surface area contributed by atoms with Gasteiger partial charge in [0.2, 0.25) is 0 Å². The lowest BCUT2D eigenvalue weighted by molar-refractivity contribution is 0.0945. The van der Waals surface area contributed by atoms with Crippen molar-refractivity contribution in [3.05, 3.63) is 83.6 Å². The number of benzene rings is 1. The molecule has 0 aliphatic rings. The lowest BCUT2D eigenvalue weighted by Crippen LogP contribution is -2.24. The van der Waals surface area contributed by atoms with Gasteiger partial charge in [0, 0.05) is 25.5 Å². The summed E-state index contributed by atoms with van der Waals surface area (Å²) in [5.74, 6) is 0.00503. The van der Waals surface area contributed by atoms with E-state index in [-0.39, 0.29) is 17.4 Å². The molecule has 0 atom stereocenters. The van der Waals surface area contributed by atoms with Crippen molar-refractivity contribution in [1.82, 2.24) is 20.5 Å². The summed E-state index contributed by atoms with van der Waals surface area (Å²) >= 11 is 0. The normalized spacial score (nSPS) is 10.3. The van der Waals surface area contributed by atoms with Gasteiger partial charge in [-0.25, -0.2) is 4.39 Å². The van der Waals surface area contributed by atoms with Crippen molar-refractivity contribution >= 4 is 11.7 Å². The van der Waals surface area contributed by atoms with Crippen molar-refractivity contribution in [2.75, 3.05) is 11.9 Å². The Hall–Kier alpha value is -3.35. The minimum atomic E-state index is -0.306. The summed E-state index contributed by atoms with van der Waals surface area (Å²) in [5, 5.41) is 13.7. The highest BCUT2D eigenvalue weighted by Gasteiger charge is 2.08. The van der Waals surface area contributed by atoms with Crippen LogP contribution in [0.1, 0.15) is 21.6 Å². The van der Waals surface area contributed by atoms with Gasteiger partial charge in [0.05, 0.1) is 0 Å². The molecular weight excluding hydrogens is 333 g/mol. The van der Waals surface area contributed by atoms with Crippen molar-refractivity contribution in [3.8, 4) is 0 Å². The molecule has 0 radical (unpaired) electrons. The molecule has 0 saturated carbocycles. The lowest BCUT2D eigenvalue weighted by atomic mass is 10.1. The monoisotopic (exact) mass is 351 g/mol. The fourth-order valence-corrected chi connectivity index (χ4v) is 2.35. The molecule has 0 unspecified atom stereocenters. The summed E-state index contributed by atoms with van der Waals surface area (Å²) in [6, 6.07) is 13.6. The van der Waals surface area contributed by atoms with E-state index in [0.29, 0.717) is 30.9 Å². The molecule has 0 fully saturated rings. The van der Waals surface area contributed by atoms with Crippen molar-refractivity contribution < 1.29 is 9.18 Å². The molecule has 26 heavy (non-hydrogen) atoms. The fraction of sp³-hybridized carbons (Fsp3) is 0.158. The number of halogens is 1. The van der Waals surface area contributed by atoms with Gasteiger partial charge in [-0.1, -0.05) is 24.3 Å². The van der Waals surface area contributed by atoms with Crippen LogP contribution in [0, 0.1) is 5.82 Å². The first kappa shape index (κ1) is 17.5. The summed E-state index contributed by atoms with van der Waals surface area (Å²) < 4.78 is 13.5. The smallest absolute Gasteiger partial charge is 0.272 e. The van der Waals surface area contributed by atoms with E-state index < -0.39 is 0 Å². The fourth-order valence-electron chi connectivity index (χ4n) is 2.35. The van der Waals surface area contributed by atoms with Gasteiger partial charge >= 0.3 is 0 Å². The number of hydrogen-bond donors (Lipinski definition) is 2. The van der Waals surface area contributed by atoms with Crippen LogP contribution >= 0.6 is 0 Å². The van der Waals surface area contributed by atoms with Crippen molar-refractivity contribution in [3.63, 3.8) is 0 Å². The second-order valence-electron chi connectivity index (χ2n) is 5.62. The largest absolute Gasteiger partial charge is 0.368 e. The second-order valence-corrected chi connectivity index (χ2v) is 5.62. The van der Waals surface area contributed by atoms with Gasteiger partial charge in [-0.05, 0) is 41.8 Å². The van der Waals surface area contributed by atoms with Crippen LogP contribution in [0.3, 0.4) is 0 Å². The first-order valence-electron chi connectivity index (χ1n) is 8.20. The number of anilines is 1. The third-order valence-corrected chi connectivity index (χ3v) is 3.73. The van der Waals surface area contributed by atoms with Gasteiger partial charge in [-0.15, -0.1) is 10.2 Å². The second kappa shape index (κ2) is 8.66. The highest BCUT2D eigenvalue weighted by Crippen LogP contribution is 2.08. The molecule has 2 heterocycles. The van der Waals surface area contributed by atoms with Gasteiger partial charge in [-0.3, -0.25) is 9.78 Å². The number of pyridine rings is 1. The van der Waals surface area contributed by atoms with Gasteiger partial charge in [-0.2, -0.15) is 0 Å². The Labute approximate surface area is 150 Å². The number of amides is 1. The molecule has 0 aliphatic carbocycles. The van der Waals surface area contributed by atoms with Crippen LogP contribution in [0.25, 0.3) is 0 Å². The summed E-state index contributed by atoms with van der Waals surface area (Å²) in [4.78, 5) is 16.1. The van der Waals surface area contributed by atoms with Crippen molar-refractivity contribution in [1.29, 1.82) is 0 Å². The molecule has 2 aromatic heterocycles. The maximum atomic E-state index is 13.5. The average Bonchev–Trinajstić information content (AvgIpc) is 2.69. The third-order valence-electron chi connectivity index (χ3n) is 3.73. The molecule has 6 nitrogen and oxygen atoms in total. The van der Waals surface area contributed by atoms with Crippen LogP contribution in [0.2, 0.25) is 0 Å². The number of carbonyl (C=O) groups excluding carboxylic acids is 1. The van der Waals surface area contributed by atoms with E-state index in [2.05, 4.69) is 25.8 Å². The van der Waals surface area contributed by atoms with Gasteiger partial charge in [0.25, 0.3) is 5.91 Å². The molecule has 0 aliphatic heterocycles. The van der Waals surface area contributed by atoms with Gasteiger partial charge in [0.15, 0.2) is 5.69 Å². The van der Waals surface area contributed by atoms with Crippen molar-refractivity contribution in [2.45, 2.75) is 13.0 Å². The topological polar surface area (TPSA) is 79.8 Å². The maximum Gasteiger partial charge on any atom is 0.272 e. The van der Waals surface area contributed by atoms with E-state index in [4.69, 9.17) is 0 Å². The number of nitrogens with one attached hydrogen (secondary N) is 2. The van der Waals surface area contributed by atoms with Crippen LogP contribution in [-0.4, -0.2) is 27.6 Å². The molecule has 0 bridgehead atoms. The van der Waals surface area contributed by atoms with Crippen LogP contribution < -0.4 is 10.6 Å². The summed E-state index contributed by atoms with van der Waals surface area (Å²) in [7, 11) is 0. The van der Waals surface area contributed by atoms with E-state index in [0.717, 1.165) is 5.56 Å². The van der Waals surface area contributed by atoms with Crippen molar-refractivity contribution in [2.24, 2.45) is 0 Å². The highest BCUT2D eigenvalue weighted by molar-refractivity contribution is 5.92. The predicted octanol–water partition coefficient (Wildman–Crippen LogP) is 2.60. The Kier molecular flexibility index (Phi) is 5.82. The molecule has 3 aromatic rings. The summed E-state index contributed by atoms with van der Waals surface area (Å²) in [6.45, 7) is 0.888. The van der Waals surface area contributed by atoms with Gasteiger partial charge in [0.1, 0.15) is 11.6 Å². The maximum absolute atomic E-state index is 13.5. The molecular formula is C19H18FN5O. The zero-order valence-electron chi connectivity index (χ0n) is 14.0. The Morgan fingerprint density at radius 3 is 2.65 bits per heavy atom. The first-order valence-corrected chi connectivity index (χ1v) is 8.20. The molecule has 1 aromatic carbocycles. The Balaban J connectivity index is 1.48. The molecule has 132 valence electrons. The average molecular weight is 351 g/mol. The number of carbonyl (C=O) groups is 1. The Bertz CT molecular complexity index is 855. The lowest BCUT2D eigenvalue weighted by Gasteiger charge is -2.07. The quantitative estimate of drug-likeness (QED) is 0.684. The molecule has 1 amide bonds. The Morgan fingerprint density at radius 2 is 1.92 bits per heavy atom. The molecule has 7 heteroatoms. The molecule has 0 spiro atoms. The third kappa shape index (κ3) is 4.83. The highest BCUT2D eigenvalue weighted by atomic mass is 19.1. The van der Waals surface area contributed by atoms with Gasteiger partial charge < -0.3 is 10.6 Å². The van der Waals surface area contributed by atoms with E-state index in [1.54, 1.807) is 42.7 Å². The zero-order valence-corrected chi connectivity index (χ0v) is 14.0. The predicted molar refractivity (Wildman–Crippen MR) is 96.0 cm³/mol. The van der Waals surface area contributed by atoms with Crippen LogP contribution in [0.4, 0.5) is 10.2 Å². The minimum Gasteiger partial charge on any atom is -0.368 e. The van der Waals surface area contributed by atoms with E-state index in [1.165, 1.54) is 6.07 Å². The SMILES string of the molecule is O=C(NCc1cccnc1)c1ccc(NCCc2ccccc2F)nn1. The number of aromatic nitrogens is 3. The van der Waals surface area contributed by atoms with E-state index >= 15 is 0 Å². The minimum absolute atomic E-state index is 0.221. The molecule has 0 saturated heterocycles. The number of hydrogen-bond acceptors (Lipinski definition) is 5. The standard InChI is InChI=1S/C19H18FN5O/c20-16-6-2-1-5-15(16)9-11-22-18-8-7-17(24-25-18)19(26)23-13-14-4-3-10-21-12-14/h1-8,10,12H,9,11,13H2,(H,22,25)(H,23,26). The zero-order chi connectivity index (χ0) is 18.2. The van der Waals surface area contributed by atoms with Crippen LogP contribution in [0.15, 0.2) is 60.9 Å². The van der Waals surface area contributed by atoms with Crippen LogP contribution in [0.5, 0.6) is 0 Å². The Morgan fingerprint density at radius 1 is 1.04 bits per heavy atom. The first-order chi connectivity index (χ1) is 12.7. The van der Waals surface area contributed by atoms with E-state index in [9.17, 15) is 9.18 Å². The van der Waals surface area contributed by atoms with Crippen LogP contribution in [-0.2, 0) is 13.0 Å².